The lowest BCUT2D eigenvalue weighted by Gasteiger charge is -2.34. The first kappa shape index (κ1) is 30.5. The van der Waals surface area contributed by atoms with Crippen LogP contribution < -0.4 is 21.3 Å². The fourth-order valence-corrected chi connectivity index (χ4v) is 5.90. The maximum absolute atomic E-state index is 15.5. The van der Waals surface area contributed by atoms with Crippen LogP contribution in [0.4, 0.5) is 10.2 Å². The number of aliphatic hydroxyl groups is 1. The Morgan fingerprint density at radius 1 is 1.32 bits per heavy atom. The van der Waals surface area contributed by atoms with Gasteiger partial charge < -0.3 is 35.0 Å². The Morgan fingerprint density at radius 2 is 2.02 bits per heavy atom. The summed E-state index contributed by atoms with van der Waals surface area (Å²) >= 11 is 5.12. The van der Waals surface area contributed by atoms with E-state index in [9.17, 15) is 19.6 Å². The lowest BCUT2D eigenvalue weighted by Crippen LogP contribution is -2.55. The fourth-order valence-electron chi connectivity index (χ4n) is 4.66. The molecule has 5 N–H and O–H groups in total. The number of benzene rings is 1. The molecule has 12 nitrogen and oxygen atoms in total. The number of hydrogen-bond donors (Lipinski definition) is 4. The van der Waals surface area contributed by atoms with Crippen LogP contribution in [-0.4, -0.2) is 68.7 Å². The Labute approximate surface area is 235 Å². The normalized spacial score (nSPS) is 27.6. The summed E-state index contributed by atoms with van der Waals surface area (Å²) in [5.74, 6) is -0.341. The molecule has 1 aliphatic carbocycles. The summed E-state index contributed by atoms with van der Waals surface area (Å²) in [6.07, 6.45) is 0.0579. The van der Waals surface area contributed by atoms with Gasteiger partial charge in [-0.1, -0.05) is 24.6 Å². The zero-order valence-electron chi connectivity index (χ0n) is 21.9. The van der Waals surface area contributed by atoms with Crippen LogP contribution in [-0.2, 0) is 30.6 Å². The second-order valence-electron chi connectivity index (χ2n) is 9.95. The summed E-state index contributed by atoms with van der Waals surface area (Å²) in [5, 5.41) is 14.0. The van der Waals surface area contributed by atoms with Crippen LogP contribution >= 0.6 is 6.72 Å². The van der Waals surface area contributed by atoms with E-state index in [4.69, 9.17) is 36.1 Å². The number of ether oxygens (including phenoxy) is 2. The average Bonchev–Trinajstić information content (AvgIpc) is 3.17. The van der Waals surface area contributed by atoms with Crippen LogP contribution in [0, 0.1) is 0 Å². The molecule has 2 heterocycles. The molecule has 0 spiro atoms. The van der Waals surface area contributed by atoms with Gasteiger partial charge in [0, 0.05) is 24.5 Å². The number of nitrogen functional groups attached to an aromatic ring is 1. The highest BCUT2D eigenvalue weighted by Crippen LogP contribution is 2.47. The molecule has 2 fully saturated rings. The third-order valence-electron chi connectivity index (χ3n) is 6.93. The highest BCUT2D eigenvalue weighted by atomic mass is 32.5. The van der Waals surface area contributed by atoms with Gasteiger partial charge in [-0.15, -0.1) is 0 Å². The van der Waals surface area contributed by atoms with Crippen LogP contribution in [0.5, 0.6) is 5.75 Å². The third-order valence-corrected chi connectivity index (χ3v) is 8.36. The first-order valence-corrected chi connectivity index (χ1v) is 15.6. The molecular formula is C25H34FN4O8PS. The molecule has 2 aromatic rings. The lowest BCUT2D eigenvalue weighted by molar-refractivity contribution is -0.154. The van der Waals surface area contributed by atoms with E-state index in [0.717, 1.165) is 36.7 Å². The van der Waals surface area contributed by atoms with Gasteiger partial charge in [-0.05, 0) is 50.8 Å². The highest BCUT2D eigenvalue weighted by Gasteiger charge is 2.57. The minimum Gasteiger partial charge on any atom is -0.461 e. The van der Waals surface area contributed by atoms with Crippen molar-refractivity contribution < 1.29 is 37.7 Å². The van der Waals surface area contributed by atoms with Crippen LogP contribution in [0.15, 0.2) is 47.4 Å². The number of aliphatic hydroxyl groups excluding tert-OH is 1. The van der Waals surface area contributed by atoms with E-state index in [1.165, 1.54) is 12.3 Å². The molecule has 1 saturated heterocycles. The van der Waals surface area contributed by atoms with Gasteiger partial charge in [-0.2, -0.15) is 4.98 Å². The van der Waals surface area contributed by atoms with E-state index in [2.05, 4.69) is 10.3 Å². The molecule has 40 heavy (non-hydrogen) atoms. The van der Waals surface area contributed by atoms with Crippen LogP contribution in [0.25, 0.3) is 0 Å². The molecule has 220 valence electrons. The number of nitrogens with zero attached hydrogens (tertiary/aromatic N) is 2. The predicted molar refractivity (Wildman–Crippen MR) is 147 cm³/mol. The third kappa shape index (κ3) is 7.43. The molecule has 0 amide bonds. The van der Waals surface area contributed by atoms with Crippen LogP contribution in [0.3, 0.4) is 0 Å². The maximum atomic E-state index is 15.5. The van der Waals surface area contributed by atoms with Gasteiger partial charge >= 0.3 is 18.4 Å². The summed E-state index contributed by atoms with van der Waals surface area (Å²) in [7, 11) is 0. The largest absolute Gasteiger partial charge is 0.461 e. The van der Waals surface area contributed by atoms with Crippen molar-refractivity contribution in [3.05, 3.63) is 53.1 Å². The average molecular weight is 601 g/mol. The van der Waals surface area contributed by atoms with Crippen molar-refractivity contribution in [1.29, 1.82) is 0 Å². The van der Waals surface area contributed by atoms with Gasteiger partial charge in [0.05, 0.1) is 6.61 Å². The van der Waals surface area contributed by atoms with Gasteiger partial charge in [-0.25, -0.2) is 9.18 Å². The first-order chi connectivity index (χ1) is 19.0. The zero-order chi connectivity index (χ0) is 28.9. The van der Waals surface area contributed by atoms with E-state index < -0.39 is 55.1 Å². The number of nitrogens with two attached hydrogens (primary N) is 1. The van der Waals surface area contributed by atoms with Crippen molar-refractivity contribution >= 4 is 30.3 Å². The van der Waals surface area contributed by atoms with Crippen molar-refractivity contribution in [2.75, 3.05) is 18.9 Å². The summed E-state index contributed by atoms with van der Waals surface area (Å²) in [6.45, 7) is -3.36. The Kier molecular flexibility index (Phi) is 9.93. The molecule has 6 atom stereocenters. The number of carbonyl (C=O) groups excluding carboxylic acids is 1. The quantitative estimate of drug-likeness (QED) is 0.219. The van der Waals surface area contributed by atoms with Crippen molar-refractivity contribution in [3.8, 4) is 5.75 Å². The van der Waals surface area contributed by atoms with E-state index in [-0.39, 0.29) is 24.2 Å². The number of anilines is 1. The lowest BCUT2D eigenvalue weighted by atomic mass is 9.96. The Balaban J connectivity index is 1.52. The van der Waals surface area contributed by atoms with Gasteiger partial charge in [-0.3, -0.25) is 13.9 Å². The maximum Gasteiger partial charge on any atom is 0.378 e. The summed E-state index contributed by atoms with van der Waals surface area (Å²) in [6, 6.07) is 8.64. The number of nitrogens with one attached hydrogen (secondary N) is 1. The standard InChI is InChI=1S/C25H34FN4O8PS/c1-16(23(32)36-17-8-4-2-5-9-17)28-14-25(15-35-39(34,40)38-18-10-6-3-7-11-18)21(31)20(26)22(37-25)30-13-12-19(27)29-24(30)33/h3,6-7,10-13,16-17,20-22,28,31H,2,4-5,8-9,14-15H2,1H3,(H,34,40)(H2,27,29,33)/t16-,20+,21-,22+,25+,39?/m0/s1. The van der Waals surface area contributed by atoms with E-state index >= 15 is 4.39 Å². The number of aromatic nitrogens is 2. The fraction of sp³-hybridized carbons (Fsp3) is 0.560. The molecule has 4 rings (SSSR count). The number of carbonyl (C=O) groups is 1. The van der Waals surface area contributed by atoms with Gasteiger partial charge in [0.2, 0.25) is 0 Å². The summed E-state index contributed by atoms with van der Waals surface area (Å²) < 4.78 is 38.8. The Bertz CT molecular complexity index is 1270. The molecule has 0 bridgehead atoms. The summed E-state index contributed by atoms with van der Waals surface area (Å²) in [5.41, 5.74) is 2.74. The minimum absolute atomic E-state index is 0.0733. The minimum atomic E-state index is -3.95. The first-order valence-electron chi connectivity index (χ1n) is 13.0. The SMILES string of the molecule is C[C@H](NC[C@]1(COP(O)(=S)Oc2ccccc2)O[C@@H](n2ccc(N)nc2=O)[C@H](F)[C@@H]1O)C(=O)OC1CCCCC1. The number of rotatable bonds is 11. The molecule has 2 aliphatic rings. The zero-order valence-corrected chi connectivity index (χ0v) is 23.6. The Morgan fingerprint density at radius 3 is 2.70 bits per heavy atom. The second-order valence-corrected chi connectivity index (χ2v) is 12.7. The van der Waals surface area contributed by atoms with Gasteiger partial charge in [0.25, 0.3) is 0 Å². The molecule has 1 aromatic carbocycles. The second kappa shape index (κ2) is 13.0. The predicted octanol–water partition coefficient (Wildman–Crippen LogP) is 1.96. The Hall–Kier alpha value is -2.45. The van der Waals surface area contributed by atoms with Crippen molar-refractivity contribution in [2.45, 2.75) is 75.3 Å². The smallest absolute Gasteiger partial charge is 0.378 e. The van der Waals surface area contributed by atoms with Crippen LogP contribution in [0.2, 0.25) is 0 Å². The number of hydrogen-bond acceptors (Lipinski definition) is 11. The monoisotopic (exact) mass is 600 g/mol. The molecule has 1 aliphatic heterocycles. The van der Waals surface area contributed by atoms with Gasteiger partial charge in [0.15, 0.2) is 12.4 Å². The number of para-hydroxylation sites is 1. The number of esters is 1. The van der Waals surface area contributed by atoms with Gasteiger partial charge in [0.1, 0.15) is 35.4 Å². The van der Waals surface area contributed by atoms with Crippen molar-refractivity contribution in [1.82, 2.24) is 14.9 Å². The van der Waals surface area contributed by atoms with Crippen molar-refractivity contribution in [3.63, 3.8) is 0 Å². The molecule has 0 radical (unpaired) electrons. The van der Waals surface area contributed by atoms with E-state index in [1.54, 1.807) is 37.3 Å². The molecule has 1 aromatic heterocycles. The number of halogens is 1. The van der Waals surface area contributed by atoms with E-state index in [0.29, 0.717) is 0 Å². The van der Waals surface area contributed by atoms with E-state index in [1.807, 2.05) is 0 Å². The molecule has 15 heteroatoms. The highest BCUT2D eigenvalue weighted by molar-refractivity contribution is 8.07. The number of alkyl halides is 1. The summed E-state index contributed by atoms with van der Waals surface area (Å²) in [4.78, 5) is 39.4. The molecular weight excluding hydrogens is 566 g/mol. The molecule has 1 saturated carbocycles. The van der Waals surface area contributed by atoms with Crippen LogP contribution in [0.1, 0.15) is 45.3 Å². The molecule has 1 unspecified atom stereocenters. The topological polar surface area (TPSA) is 167 Å². The van der Waals surface area contributed by atoms with Crippen molar-refractivity contribution in [2.24, 2.45) is 0 Å².